The third-order valence-electron chi connectivity index (χ3n) is 3.79. The molecule has 0 aromatic rings. The van der Waals surface area contributed by atoms with Crippen LogP contribution in [0.5, 0.6) is 0 Å². The van der Waals surface area contributed by atoms with Crippen LogP contribution in [0, 0.1) is 5.92 Å². The molecule has 1 aliphatic heterocycles. The molecule has 15 heavy (non-hydrogen) atoms. The van der Waals surface area contributed by atoms with Gasteiger partial charge >= 0.3 is 0 Å². The largest absolute Gasteiger partial charge is 0.393 e. The zero-order valence-corrected chi connectivity index (χ0v) is 9.54. The quantitative estimate of drug-likeness (QED) is 0.651. The molecular formula is C12H24N2O. The molecule has 1 aliphatic carbocycles. The van der Waals surface area contributed by atoms with E-state index in [2.05, 4.69) is 10.6 Å². The van der Waals surface area contributed by atoms with Gasteiger partial charge in [0.15, 0.2) is 0 Å². The highest BCUT2D eigenvalue weighted by molar-refractivity contribution is 4.78. The van der Waals surface area contributed by atoms with Gasteiger partial charge in [-0.15, -0.1) is 0 Å². The van der Waals surface area contributed by atoms with Crippen LogP contribution in [0.1, 0.15) is 38.5 Å². The van der Waals surface area contributed by atoms with E-state index in [1.165, 1.54) is 25.7 Å². The number of hydrogen-bond donors (Lipinski definition) is 3. The average molecular weight is 212 g/mol. The molecule has 1 saturated heterocycles. The maximum absolute atomic E-state index is 9.58. The lowest BCUT2D eigenvalue weighted by atomic mass is 9.87. The highest BCUT2D eigenvalue weighted by atomic mass is 16.3. The van der Waals surface area contributed by atoms with Crippen LogP contribution in [0.4, 0.5) is 0 Å². The Hall–Kier alpha value is -0.120. The molecule has 2 unspecified atom stereocenters. The third kappa shape index (κ3) is 3.74. The summed E-state index contributed by atoms with van der Waals surface area (Å²) in [6.07, 6.45) is 7.03. The molecule has 0 spiro atoms. The van der Waals surface area contributed by atoms with Crippen molar-refractivity contribution in [2.45, 2.75) is 50.7 Å². The van der Waals surface area contributed by atoms with E-state index in [1.807, 2.05) is 0 Å². The van der Waals surface area contributed by atoms with Crippen molar-refractivity contribution >= 4 is 0 Å². The van der Waals surface area contributed by atoms with Gasteiger partial charge in [-0.25, -0.2) is 0 Å². The van der Waals surface area contributed by atoms with E-state index in [0.29, 0.717) is 12.0 Å². The van der Waals surface area contributed by atoms with Crippen LogP contribution >= 0.6 is 0 Å². The minimum atomic E-state index is -0.0291. The van der Waals surface area contributed by atoms with Gasteiger partial charge in [-0.2, -0.15) is 0 Å². The maximum atomic E-state index is 9.58. The summed E-state index contributed by atoms with van der Waals surface area (Å²) in [6, 6.07) is 0.713. The zero-order chi connectivity index (χ0) is 10.5. The summed E-state index contributed by atoms with van der Waals surface area (Å²) in [5.74, 6) is 0.712. The first-order chi connectivity index (χ1) is 7.34. The van der Waals surface area contributed by atoms with Gasteiger partial charge in [0.2, 0.25) is 0 Å². The van der Waals surface area contributed by atoms with Crippen molar-refractivity contribution in [3.63, 3.8) is 0 Å². The molecule has 2 fully saturated rings. The number of aliphatic hydroxyl groups is 1. The molecule has 0 aromatic heterocycles. The van der Waals surface area contributed by atoms with Gasteiger partial charge in [0.1, 0.15) is 0 Å². The number of rotatable bonds is 3. The molecule has 1 heterocycles. The minimum absolute atomic E-state index is 0.0291. The second-order valence-electron chi connectivity index (χ2n) is 5.12. The van der Waals surface area contributed by atoms with E-state index in [9.17, 15) is 5.11 Å². The van der Waals surface area contributed by atoms with E-state index >= 15 is 0 Å². The summed E-state index contributed by atoms with van der Waals surface area (Å²) in [5, 5.41) is 16.6. The normalized spacial score (nSPS) is 34.2. The van der Waals surface area contributed by atoms with Crippen LogP contribution in [-0.4, -0.2) is 36.9 Å². The Balaban J connectivity index is 1.63. The second kappa shape index (κ2) is 5.83. The third-order valence-corrected chi connectivity index (χ3v) is 3.79. The van der Waals surface area contributed by atoms with Crippen LogP contribution < -0.4 is 10.6 Å². The highest BCUT2D eigenvalue weighted by Gasteiger charge is 2.21. The van der Waals surface area contributed by atoms with Gasteiger partial charge in [-0.1, -0.05) is 6.42 Å². The van der Waals surface area contributed by atoms with Crippen molar-refractivity contribution in [3.05, 3.63) is 0 Å². The maximum Gasteiger partial charge on any atom is 0.0543 e. The summed E-state index contributed by atoms with van der Waals surface area (Å²) in [4.78, 5) is 0. The molecule has 0 aromatic carbocycles. The van der Waals surface area contributed by atoms with Gasteiger partial charge in [0.05, 0.1) is 6.10 Å². The van der Waals surface area contributed by atoms with Gasteiger partial charge in [-0.3, -0.25) is 0 Å². The van der Waals surface area contributed by atoms with Gasteiger partial charge in [-0.05, 0) is 57.7 Å². The fraction of sp³-hybridized carbons (Fsp3) is 1.00. The number of piperidine rings is 1. The molecular weight excluding hydrogens is 188 g/mol. The number of hydrogen-bond acceptors (Lipinski definition) is 3. The first-order valence-electron chi connectivity index (χ1n) is 6.47. The predicted octanol–water partition coefficient (Wildman–Crippen LogP) is 0.879. The molecule has 3 nitrogen and oxygen atoms in total. The van der Waals surface area contributed by atoms with Crippen molar-refractivity contribution in [1.29, 1.82) is 0 Å². The highest BCUT2D eigenvalue weighted by Crippen LogP contribution is 2.23. The second-order valence-corrected chi connectivity index (χ2v) is 5.12. The van der Waals surface area contributed by atoms with Crippen LogP contribution in [0.3, 0.4) is 0 Å². The molecule has 0 bridgehead atoms. The monoisotopic (exact) mass is 212 g/mol. The average Bonchev–Trinajstić information content (AvgIpc) is 2.28. The Bertz CT molecular complexity index is 180. The molecule has 88 valence electrons. The van der Waals surface area contributed by atoms with E-state index < -0.39 is 0 Å². The standard InChI is InChI=1S/C12H24N2O/c15-12-3-1-2-10(8-12)9-14-11-4-6-13-7-5-11/h10-15H,1-9H2. The van der Waals surface area contributed by atoms with Crippen molar-refractivity contribution in [1.82, 2.24) is 10.6 Å². The fourth-order valence-electron chi connectivity index (χ4n) is 2.81. The van der Waals surface area contributed by atoms with Crippen molar-refractivity contribution < 1.29 is 5.11 Å². The smallest absolute Gasteiger partial charge is 0.0543 e. The van der Waals surface area contributed by atoms with Gasteiger partial charge < -0.3 is 15.7 Å². The lowest BCUT2D eigenvalue weighted by molar-refractivity contribution is 0.0991. The van der Waals surface area contributed by atoms with E-state index in [4.69, 9.17) is 0 Å². The lowest BCUT2D eigenvalue weighted by Crippen LogP contribution is -2.42. The van der Waals surface area contributed by atoms with Crippen LogP contribution in [-0.2, 0) is 0 Å². The SMILES string of the molecule is OC1CCCC(CNC2CCNCC2)C1. The molecule has 2 aliphatic rings. The Kier molecular flexibility index (Phi) is 4.42. The molecule has 2 rings (SSSR count). The molecule has 3 N–H and O–H groups in total. The Labute approximate surface area is 92.6 Å². The first-order valence-corrected chi connectivity index (χ1v) is 6.47. The van der Waals surface area contributed by atoms with E-state index in [1.54, 1.807) is 0 Å². The van der Waals surface area contributed by atoms with Crippen LogP contribution in [0.2, 0.25) is 0 Å². The molecule has 1 saturated carbocycles. The molecule has 3 heteroatoms. The Morgan fingerprint density at radius 2 is 1.93 bits per heavy atom. The predicted molar refractivity (Wildman–Crippen MR) is 61.9 cm³/mol. The summed E-state index contributed by atoms with van der Waals surface area (Å²) >= 11 is 0. The fourth-order valence-corrected chi connectivity index (χ4v) is 2.81. The molecule has 0 amide bonds. The summed E-state index contributed by atoms with van der Waals surface area (Å²) in [5.41, 5.74) is 0. The molecule has 0 radical (unpaired) electrons. The summed E-state index contributed by atoms with van der Waals surface area (Å²) in [7, 11) is 0. The van der Waals surface area contributed by atoms with Crippen molar-refractivity contribution in [3.8, 4) is 0 Å². The Morgan fingerprint density at radius 1 is 1.13 bits per heavy atom. The summed E-state index contributed by atoms with van der Waals surface area (Å²) in [6.45, 7) is 3.43. The van der Waals surface area contributed by atoms with Crippen LogP contribution in [0.15, 0.2) is 0 Å². The van der Waals surface area contributed by atoms with Crippen LogP contribution in [0.25, 0.3) is 0 Å². The Morgan fingerprint density at radius 3 is 2.67 bits per heavy atom. The first kappa shape index (κ1) is 11.4. The van der Waals surface area contributed by atoms with Crippen molar-refractivity contribution in [2.24, 2.45) is 5.92 Å². The summed E-state index contributed by atoms with van der Waals surface area (Å²) < 4.78 is 0. The number of aliphatic hydroxyl groups excluding tert-OH is 1. The minimum Gasteiger partial charge on any atom is -0.393 e. The zero-order valence-electron chi connectivity index (χ0n) is 9.54. The molecule has 2 atom stereocenters. The topological polar surface area (TPSA) is 44.3 Å². The van der Waals surface area contributed by atoms with Gasteiger partial charge in [0, 0.05) is 6.04 Å². The van der Waals surface area contributed by atoms with Crippen molar-refractivity contribution in [2.75, 3.05) is 19.6 Å². The van der Waals surface area contributed by atoms with E-state index in [0.717, 1.165) is 32.5 Å². The van der Waals surface area contributed by atoms with Gasteiger partial charge in [0.25, 0.3) is 0 Å². The van der Waals surface area contributed by atoms with E-state index in [-0.39, 0.29) is 6.10 Å². The lowest BCUT2D eigenvalue weighted by Gasteiger charge is -2.29. The number of nitrogens with one attached hydrogen (secondary N) is 2.